The van der Waals surface area contributed by atoms with Gasteiger partial charge in [0, 0.05) is 38.2 Å². The molecule has 6 nitrogen and oxygen atoms in total. The lowest BCUT2D eigenvalue weighted by Crippen LogP contribution is -2.45. The van der Waals surface area contributed by atoms with E-state index in [9.17, 15) is 14.9 Å². The van der Waals surface area contributed by atoms with Crippen molar-refractivity contribution in [2.45, 2.75) is 26.0 Å². The number of ether oxygens (including phenoxy) is 1. The van der Waals surface area contributed by atoms with Crippen molar-refractivity contribution in [1.82, 2.24) is 0 Å². The molecule has 0 radical (unpaired) electrons. The van der Waals surface area contributed by atoms with Crippen LogP contribution in [0.2, 0.25) is 0 Å². The fourth-order valence-corrected chi connectivity index (χ4v) is 2.11. The summed E-state index contributed by atoms with van der Waals surface area (Å²) < 4.78 is 5.03. The first-order chi connectivity index (χ1) is 8.77. The van der Waals surface area contributed by atoms with Gasteiger partial charge < -0.3 is 9.64 Å². The van der Waals surface area contributed by atoms with Gasteiger partial charge in [-0.2, -0.15) is 0 Å². The maximum absolute atomic E-state index is 11.0. The molecule has 1 aromatic rings. The Balaban J connectivity index is 3.12. The van der Waals surface area contributed by atoms with Gasteiger partial charge in [-0.15, -0.1) is 0 Å². The van der Waals surface area contributed by atoms with Crippen LogP contribution in [0, 0.1) is 10.1 Å². The topological polar surface area (TPSA) is 72.7 Å². The van der Waals surface area contributed by atoms with E-state index in [0.29, 0.717) is 12.2 Å². The molecule has 7 heteroatoms. The molecular formula is C12H15ClN2O4. The lowest BCUT2D eigenvalue weighted by atomic mass is 10.2. The first-order valence-corrected chi connectivity index (χ1v) is 6.06. The van der Waals surface area contributed by atoms with E-state index in [1.165, 1.54) is 26.0 Å². The molecule has 0 saturated heterocycles. The monoisotopic (exact) mass is 286 g/mol. The molecule has 0 aliphatic rings. The number of halogens is 1. The Labute approximate surface area is 116 Å². The number of anilines is 1. The highest BCUT2D eigenvalue weighted by atomic mass is 35.5. The van der Waals surface area contributed by atoms with Crippen molar-refractivity contribution in [3.05, 3.63) is 34.4 Å². The van der Waals surface area contributed by atoms with E-state index in [1.807, 2.05) is 6.92 Å². The normalized spacial score (nSPS) is 13.5. The van der Waals surface area contributed by atoms with E-state index in [0.717, 1.165) is 0 Å². The summed E-state index contributed by atoms with van der Waals surface area (Å²) in [7, 11) is 0. The number of rotatable bonds is 5. The van der Waals surface area contributed by atoms with Gasteiger partial charge >= 0.3 is 5.97 Å². The van der Waals surface area contributed by atoms with Crippen LogP contribution in [0.15, 0.2) is 24.3 Å². The van der Waals surface area contributed by atoms with Gasteiger partial charge in [-0.25, -0.2) is 0 Å². The molecule has 1 aromatic carbocycles. The molecule has 0 N–H and O–H groups in total. The maximum Gasteiger partial charge on any atom is 0.305 e. The fraction of sp³-hybridized carbons (Fsp3) is 0.417. The quantitative estimate of drug-likeness (QED) is 0.208. The molecule has 1 atom stereocenters. The number of esters is 1. The van der Waals surface area contributed by atoms with Gasteiger partial charge in [-0.1, -0.05) is 17.7 Å². The van der Waals surface area contributed by atoms with Gasteiger partial charge in [-0.3, -0.25) is 14.9 Å². The van der Waals surface area contributed by atoms with Gasteiger partial charge in [0.1, 0.15) is 0 Å². The zero-order valence-corrected chi connectivity index (χ0v) is 11.7. The standard InChI is InChI=1S/C12H15ClN2O4/c1-4-14(12(3,13)19-9(2)16)10-6-5-7-11(8-10)15(17)18/h5-8H,4H2,1-3H3. The molecular weight excluding hydrogens is 272 g/mol. The van der Waals surface area contributed by atoms with E-state index in [4.69, 9.17) is 16.3 Å². The Hall–Kier alpha value is -1.82. The summed E-state index contributed by atoms with van der Waals surface area (Å²) in [6.45, 7) is 5.00. The van der Waals surface area contributed by atoms with E-state index in [2.05, 4.69) is 0 Å². The molecule has 19 heavy (non-hydrogen) atoms. The lowest BCUT2D eigenvalue weighted by Gasteiger charge is -2.36. The number of benzene rings is 1. The molecule has 0 aliphatic carbocycles. The van der Waals surface area contributed by atoms with Gasteiger partial charge in [0.05, 0.1) is 4.92 Å². The molecule has 1 rings (SSSR count). The minimum atomic E-state index is -1.39. The summed E-state index contributed by atoms with van der Waals surface area (Å²) in [4.78, 5) is 22.9. The highest BCUT2D eigenvalue weighted by Gasteiger charge is 2.32. The second-order valence-electron chi connectivity index (χ2n) is 3.98. The van der Waals surface area contributed by atoms with Gasteiger partial charge in [-0.05, 0) is 13.0 Å². The highest BCUT2D eigenvalue weighted by Crippen LogP contribution is 2.30. The van der Waals surface area contributed by atoms with Crippen LogP contribution in [0.1, 0.15) is 20.8 Å². The molecule has 0 bridgehead atoms. The summed E-state index contributed by atoms with van der Waals surface area (Å²) >= 11 is 6.18. The summed E-state index contributed by atoms with van der Waals surface area (Å²) in [6, 6.07) is 5.99. The SMILES string of the molecule is CCN(c1cccc([N+](=O)[O-])c1)C(C)(Cl)OC(C)=O. The van der Waals surface area contributed by atoms with E-state index >= 15 is 0 Å². The summed E-state index contributed by atoms with van der Waals surface area (Å²) in [5.74, 6) is -0.526. The predicted octanol–water partition coefficient (Wildman–Crippen LogP) is 2.90. The van der Waals surface area contributed by atoms with Crippen LogP contribution in [0.25, 0.3) is 0 Å². The van der Waals surface area contributed by atoms with Crippen LogP contribution in [0.4, 0.5) is 11.4 Å². The first-order valence-electron chi connectivity index (χ1n) is 5.68. The number of carbonyl (C=O) groups excluding carboxylic acids is 1. The van der Waals surface area contributed by atoms with Crippen molar-refractivity contribution in [2.75, 3.05) is 11.4 Å². The number of alkyl halides is 1. The van der Waals surface area contributed by atoms with Crippen molar-refractivity contribution in [3.63, 3.8) is 0 Å². The summed E-state index contributed by atoms with van der Waals surface area (Å²) in [5.41, 5.74) is 0.460. The van der Waals surface area contributed by atoms with Crippen LogP contribution in [0.3, 0.4) is 0 Å². The Bertz CT molecular complexity index is 490. The van der Waals surface area contributed by atoms with Gasteiger partial charge in [0.15, 0.2) is 0 Å². The van der Waals surface area contributed by atoms with Crippen LogP contribution >= 0.6 is 11.6 Å². The summed E-state index contributed by atoms with van der Waals surface area (Å²) in [6.07, 6.45) is 0. The Morgan fingerprint density at radius 1 is 1.58 bits per heavy atom. The van der Waals surface area contributed by atoms with Crippen LogP contribution in [-0.4, -0.2) is 22.6 Å². The summed E-state index contributed by atoms with van der Waals surface area (Å²) in [5, 5.41) is 9.37. The largest absolute Gasteiger partial charge is 0.425 e. The van der Waals surface area contributed by atoms with Crippen LogP contribution in [-0.2, 0) is 9.53 Å². The third-order valence-corrected chi connectivity index (χ3v) is 2.76. The average Bonchev–Trinajstić information content (AvgIpc) is 2.28. The molecule has 0 saturated carbocycles. The van der Waals surface area contributed by atoms with Crippen molar-refractivity contribution >= 4 is 28.9 Å². The number of nitro groups is 1. The third kappa shape index (κ3) is 3.82. The second-order valence-corrected chi connectivity index (χ2v) is 4.69. The number of nitrogens with zero attached hydrogens (tertiary/aromatic N) is 2. The molecule has 0 fully saturated rings. The van der Waals surface area contributed by atoms with Gasteiger partial charge in [0.25, 0.3) is 10.9 Å². The molecule has 0 spiro atoms. The average molecular weight is 287 g/mol. The van der Waals surface area contributed by atoms with Gasteiger partial charge in [0.2, 0.25) is 0 Å². The van der Waals surface area contributed by atoms with Crippen LogP contribution < -0.4 is 4.90 Å². The van der Waals surface area contributed by atoms with Crippen molar-refractivity contribution in [2.24, 2.45) is 0 Å². The predicted molar refractivity (Wildman–Crippen MR) is 72.1 cm³/mol. The number of nitro benzene ring substituents is 1. The zero-order chi connectivity index (χ0) is 14.6. The maximum atomic E-state index is 11.0. The molecule has 0 amide bonds. The third-order valence-electron chi connectivity index (χ3n) is 2.48. The fourth-order valence-electron chi connectivity index (χ4n) is 1.79. The van der Waals surface area contributed by atoms with E-state index < -0.39 is 16.1 Å². The Morgan fingerprint density at radius 2 is 2.21 bits per heavy atom. The number of non-ortho nitro benzene ring substituents is 1. The first kappa shape index (κ1) is 15.2. The molecule has 0 aromatic heterocycles. The molecule has 104 valence electrons. The van der Waals surface area contributed by atoms with Crippen molar-refractivity contribution in [1.29, 1.82) is 0 Å². The minimum Gasteiger partial charge on any atom is -0.425 e. The van der Waals surface area contributed by atoms with Crippen LogP contribution in [0.5, 0.6) is 0 Å². The molecule has 0 heterocycles. The highest BCUT2D eigenvalue weighted by molar-refractivity contribution is 6.24. The van der Waals surface area contributed by atoms with E-state index in [-0.39, 0.29) is 5.69 Å². The zero-order valence-electron chi connectivity index (χ0n) is 10.9. The van der Waals surface area contributed by atoms with E-state index in [1.54, 1.807) is 17.0 Å². The lowest BCUT2D eigenvalue weighted by molar-refractivity contribution is -0.384. The van der Waals surface area contributed by atoms with Crippen molar-refractivity contribution < 1.29 is 14.5 Å². The number of hydrogen-bond acceptors (Lipinski definition) is 5. The van der Waals surface area contributed by atoms with Crippen molar-refractivity contribution in [3.8, 4) is 0 Å². The Morgan fingerprint density at radius 3 is 2.68 bits per heavy atom. The number of hydrogen-bond donors (Lipinski definition) is 0. The number of carbonyl (C=O) groups is 1. The molecule has 0 aliphatic heterocycles. The Kier molecular flexibility index (Phi) is 4.72. The smallest absolute Gasteiger partial charge is 0.305 e. The molecule has 1 unspecified atom stereocenters. The second kappa shape index (κ2) is 5.88. The minimum absolute atomic E-state index is 0.0498.